The molecule has 66 valence electrons. The smallest absolute Gasteiger partial charge is 0.0426 e. The molecule has 0 aromatic heterocycles. The SMILES string of the molecule is CSCCNc1cccc(Cl)c1. The summed E-state index contributed by atoms with van der Waals surface area (Å²) in [5.74, 6) is 1.12. The predicted molar refractivity (Wildman–Crippen MR) is 58.3 cm³/mol. The van der Waals surface area contributed by atoms with Crippen molar-refractivity contribution in [3.63, 3.8) is 0 Å². The highest BCUT2D eigenvalue weighted by molar-refractivity contribution is 7.98. The molecule has 0 aliphatic rings. The van der Waals surface area contributed by atoms with Crippen molar-refractivity contribution in [1.29, 1.82) is 0 Å². The third-order valence-corrected chi connectivity index (χ3v) is 2.31. The molecule has 0 heterocycles. The van der Waals surface area contributed by atoms with Gasteiger partial charge >= 0.3 is 0 Å². The molecule has 0 aliphatic carbocycles. The lowest BCUT2D eigenvalue weighted by atomic mass is 10.3. The van der Waals surface area contributed by atoms with Gasteiger partial charge in [0.05, 0.1) is 0 Å². The number of hydrogen-bond donors (Lipinski definition) is 1. The minimum absolute atomic E-state index is 0.782. The van der Waals surface area contributed by atoms with Gasteiger partial charge in [0.15, 0.2) is 0 Å². The first-order valence-corrected chi connectivity index (χ1v) is 5.58. The van der Waals surface area contributed by atoms with E-state index in [-0.39, 0.29) is 0 Å². The van der Waals surface area contributed by atoms with Crippen LogP contribution in [-0.2, 0) is 0 Å². The van der Waals surface area contributed by atoms with Crippen molar-refractivity contribution in [3.05, 3.63) is 29.3 Å². The first-order chi connectivity index (χ1) is 5.83. The summed E-state index contributed by atoms with van der Waals surface area (Å²) in [7, 11) is 0. The molecular weight excluding hydrogens is 190 g/mol. The van der Waals surface area contributed by atoms with Gasteiger partial charge in [-0.2, -0.15) is 11.8 Å². The van der Waals surface area contributed by atoms with E-state index in [1.54, 1.807) is 0 Å². The summed E-state index contributed by atoms with van der Waals surface area (Å²) < 4.78 is 0. The van der Waals surface area contributed by atoms with Crippen LogP contribution in [0.5, 0.6) is 0 Å². The average molecular weight is 202 g/mol. The number of halogens is 1. The summed E-state index contributed by atoms with van der Waals surface area (Å²) in [5.41, 5.74) is 1.09. The van der Waals surface area contributed by atoms with Gasteiger partial charge in [0, 0.05) is 23.0 Å². The standard InChI is InChI=1S/C9H12ClNS/c1-12-6-5-11-9-4-2-3-8(10)7-9/h2-4,7,11H,5-6H2,1H3. The van der Waals surface area contributed by atoms with Gasteiger partial charge in [-0.05, 0) is 24.5 Å². The van der Waals surface area contributed by atoms with E-state index < -0.39 is 0 Å². The molecule has 1 nitrogen and oxygen atoms in total. The van der Waals surface area contributed by atoms with Gasteiger partial charge in [0.25, 0.3) is 0 Å². The predicted octanol–water partition coefficient (Wildman–Crippen LogP) is 3.11. The number of nitrogens with one attached hydrogen (secondary N) is 1. The second-order valence-electron chi connectivity index (χ2n) is 2.43. The van der Waals surface area contributed by atoms with Gasteiger partial charge in [-0.1, -0.05) is 17.7 Å². The first kappa shape index (κ1) is 9.75. The highest BCUT2D eigenvalue weighted by Crippen LogP contribution is 2.14. The Bertz CT molecular complexity index is 240. The molecule has 0 unspecified atom stereocenters. The van der Waals surface area contributed by atoms with Gasteiger partial charge in [-0.25, -0.2) is 0 Å². The molecule has 0 radical (unpaired) electrons. The zero-order chi connectivity index (χ0) is 8.81. The molecule has 0 saturated heterocycles. The lowest BCUT2D eigenvalue weighted by molar-refractivity contribution is 1.23. The van der Waals surface area contributed by atoms with E-state index in [1.807, 2.05) is 36.0 Å². The Morgan fingerprint density at radius 2 is 2.33 bits per heavy atom. The zero-order valence-corrected chi connectivity index (χ0v) is 8.58. The van der Waals surface area contributed by atoms with Crippen LogP contribution in [0.3, 0.4) is 0 Å². The third-order valence-electron chi connectivity index (χ3n) is 1.46. The van der Waals surface area contributed by atoms with Crippen molar-refractivity contribution in [2.75, 3.05) is 23.9 Å². The fraction of sp³-hybridized carbons (Fsp3) is 0.333. The van der Waals surface area contributed by atoms with E-state index in [1.165, 1.54) is 0 Å². The first-order valence-electron chi connectivity index (χ1n) is 3.81. The minimum atomic E-state index is 0.782. The Morgan fingerprint density at radius 3 is 3.00 bits per heavy atom. The zero-order valence-electron chi connectivity index (χ0n) is 7.01. The largest absolute Gasteiger partial charge is 0.384 e. The average Bonchev–Trinajstić information content (AvgIpc) is 2.05. The van der Waals surface area contributed by atoms with Gasteiger partial charge in [-0.3, -0.25) is 0 Å². The monoisotopic (exact) mass is 201 g/mol. The Balaban J connectivity index is 2.41. The lowest BCUT2D eigenvalue weighted by Crippen LogP contribution is -2.03. The van der Waals surface area contributed by atoms with E-state index in [2.05, 4.69) is 11.6 Å². The van der Waals surface area contributed by atoms with Crippen LogP contribution in [0.4, 0.5) is 5.69 Å². The molecule has 1 aromatic carbocycles. The normalized spacial score (nSPS) is 9.83. The van der Waals surface area contributed by atoms with Crippen LogP contribution in [0.2, 0.25) is 5.02 Å². The van der Waals surface area contributed by atoms with Crippen molar-refractivity contribution < 1.29 is 0 Å². The number of benzene rings is 1. The third kappa shape index (κ3) is 3.37. The van der Waals surface area contributed by atoms with Crippen LogP contribution in [0.15, 0.2) is 24.3 Å². The van der Waals surface area contributed by atoms with Crippen molar-refractivity contribution in [1.82, 2.24) is 0 Å². The summed E-state index contributed by atoms with van der Waals surface area (Å²) in [6, 6.07) is 7.78. The van der Waals surface area contributed by atoms with Gasteiger partial charge in [-0.15, -0.1) is 0 Å². The Hall–Kier alpha value is -0.340. The topological polar surface area (TPSA) is 12.0 Å². The van der Waals surface area contributed by atoms with Gasteiger partial charge < -0.3 is 5.32 Å². The molecule has 0 fully saturated rings. The molecular formula is C9H12ClNS. The second kappa shape index (κ2) is 5.33. The summed E-state index contributed by atoms with van der Waals surface area (Å²) in [5, 5.41) is 4.06. The van der Waals surface area contributed by atoms with Gasteiger partial charge in [0.2, 0.25) is 0 Å². The lowest BCUT2D eigenvalue weighted by Gasteiger charge is -2.04. The number of thioether (sulfide) groups is 1. The maximum absolute atomic E-state index is 5.81. The molecule has 0 atom stereocenters. The fourth-order valence-electron chi connectivity index (χ4n) is 0.896. The molecule has 0 bridgehead atoms. The number of anilines is 1. The maximum Gasteiger partial charge on any atom is 0.0426 e. The molecule has 0 spiro atoms. The van der Waals surface area contributed by atoms with Crippen LogP contribution in [-0.4, -0.2) is 18.6 Å². The van der Waals surface area contributed by atoms with E-state index >= 15 is 0 Å². The van der Waals surface area contributed by atoms with Crippen LogP contribution in [0.25, 0.3) is 0 Å². The highest BCUT2D eigenvalue weighted by Gasteiger charge is 1.91. The Morgan fingerprint density at radius 1 is 1.50 bits per heavy atom. The number of hydrogen-bond acceptors (Lipinski definition) is 2. The molecule has 1 rings (SSSR count). The number of rotatable bonds is 4. The fourth-order valence-corrected chi connectivity index (χ4v) is 1.39. The molecule has 0 amide bonds. The van der Waals surface area contributed by atoms with Crippen LogP contribution >= 0.6 is 23.4 Å². The maximum atomic E-state index is 5.81. The molecule has 1 aromatic rings. The van der Waals surface area contributed by atoms with Crippen molar-refractivity contribution in [2.45, 2.75) is 0 Å². The summed E-state index contributed by atoms with van der Waals surface area (Å²) in [4.78, 5) is 0. The second-order valence-corrected chi connectivity index (χ2v) is 3.85. The van der Waals surface area contributed by atoms with Gasteiger partial charge in [0.1, 0.15) is 0 Å². The van der Waals surface area contributed by atoms with Crippen LogP contribution in [0.1, 0.15) is 0 Å². The Kier molecular flexibility index (Phi) is 4.33. The van der Waals surface area contributed by atoms with Crippen molar-refractivity contribution in [3.8, 4) is 0 Å². The highest BCUT2D eigenvalue weighted by atomic mass is 35.5. The molecule has 12 heavy (non-hydrogen) atoms. The van der Waals surface area contributed by atoms with Crippen molar-refractivity contribution >= 4 is 29.1 Å². The quantitative estimate of drug-likeness (QED) is 0.752. The van der Waals surface area contributed by atoms with E-state index in [9.17, 15) is 0 Å². The van der Waals surface area contributed by atoms with E-state index in [4.69, 9.17) is 11.6 Å². The summed E-state index contributed by atoms with van der Waals surface area (Å²) in [6.45, 7) is 0.988. The van der Waals surface area contributed by atoms with Crippen LogP contribution < -0.4 is 5.32 Å². The molecule has 1 N–H and O–H groups in total. The van der Waals surface area contributed by atoms with E-state index in [0.717, 1.165) is 23.0 Å². The van der Waals surface area contributed by atoms with E-state index in [0.29, 0.717) is 0 Å². The molecule has 0 aliphatic heterocycles. The molecule has 0 saturated carbocycles. The summed E-state index contributed by atoms with van der Waals surface area (Å²) in [6.07, 6.45) is 2.10. The molecule has 3 heteroatoms. The Labute approximate surface area is 82.5 Å². The minimum Gasteiger partial charge on any atom is -0.384 e. The van der Waals surface area contributed by atoms with Crippen LogP contribution in [0, 0.1) is 0 Å². The van der Waals surface area contributed by atoms with Crippen molar-refractivity contribution in [2.24, 2.45) is 0 Å². The summed E-state index contributed by atoms with van der Waals surface area (Å²) >= 11 is 7.64.